The molecular formula is C14H8BrCl2FO. The first-order chi connectivity index (χ1) is 8.97. The Morgan fingerprint density at radius 1 is 1.16 bits per heavy atom. The minimum atomic E-state index is -0.455. The maximum atomic E-state index is 13.6. The molecule has 0 N–H and O–H groups in total. The van der Waals surface area contributed by atoms with E-state index in [0.29, 0.717) is 15.6 Å². The van der Waals surface area contributed by atoms with Gasteiger partial charge >= 0.3 is 0 Å². The lowest BCUT2D eigenvalue weighted by Crippen LogP contribution is -2.06. The number of hydrogen-bond acceptors (Lipinski definition) is 1. The second-order valence-electron chi connectivity index (χ2n) is 3.96. The number of Topliss-reactive ketones (excluding diaryl/α,β-unsaturated/α-hetero) is 1. The molecule has 0 heterocycles. The number of hydrogen-bond donors (Lipinski definition) is 0. The van der Waals surface area contributed by atoms with Gasteiger partial charge in [0, 0.05) is 21.5 Å². The summed E-state index contributed by atoms with van der Waals surface area (Å²) in [5.74, 6) is -0.712. The van der Waals surface area contributed by atoms with Crippen molar-refractivity contribution in [2.75, 3.05) is 0 Å². The third kappa shape index (κ3) is 3.56. The van der Waals surface area contributed by atoms with Crippen LogP contribution in [0.15, 0.2) is 40.9 Å². The van der Waals surface area contributed by atoms with Gasteiger partial charge in [0.15, 0.2) is 5.78 Å². The molecule has 0 atom stereocenters. The van der Waals surface area contributed by atoms with E-state index in [1.165, 1.54) is 18.2 Å². The van der Waals surface area contributed by atoms with Crippen LogP contribution in [0.5, 0.6) is 0 Å². The van der Waals surface area contributed by atoms with Crippen molar-refractivity contribution in [2.45, 2.75) is 6.42 Å². The van der Waals surface area contributed by atoms with Gasteiger partial charge in [0.25, 0.3) is 0 Å². The molecule has 1 nitrogen and oxygen atoms in total. The number of rotatable bonds is 3. The minimum Gasteiger partial charge on any atom is -0.294 e. The normalized spacial score (nSPS) is 10.5. The maximum Gasteiger partial charge on any atom is 0.168 e. The van der Waals surface area contributed by atoms with Crippen LogP contribution in [0.3, 0.4) is 0 Å². The smallest absolute Gasteiger partial charge is 0.168 e. The number of carbonyl (C=O) groups excluding carboxylic acids is 1. The molecular weight excluding hydrogens is 354 g/mol. The topological polar surface area (TPSA) is 17.1 Å². The van der Waals surface area contributed by atoms with Gasteiger partial charge in [-0.3, -0.25) is 4.79 Å². The Bertz CT molecular complexity index is 643. The Morgan fingerprint density at radius 3 is 2.63 bits per heavy atom. The molecule has 0 unspecified atom stereocenters. The molecule has 0 aromatic heterocycles. The Kier molecular flexibility index (Phi) is 4.61. The van der Waals surface area contributed by atoms with Gasteiger partial charge in [-0.05, 0) is 42.0 Å². The quantitative estimate of drug-likeness (QED) is 0.676. The van der Waals surface area contributed by atoms with Crippen molar-refractivity contribution in [3.05, 3.63) is 67.9 Å². The first kappa shape index (κ1) is 14.5. The van der Waals surface area contributed by atoms with E-state index in [1.807, 2.05) is 0 Å². The molecule has 0 radical (unpaired) electrons. The van der Waals surface area contributed by atoms with Crippen molar-refractivity contribution in [2.24, 2.45) is 0 Å². The summed E-state index contributed by atoms with van der Waals surface area (Å²) in [6.07, 6.45) is -0.0808. The molecule has 0 bridgehead atoms. The molecule has 0 aliphatic carbocycles. The van der Waals surface area contributed by atoms with Crippen LogP contribution in [0, 0.1) is 5.82 Å². The fourth-order valence-corrected chi connectivity index (χ4v) is 2.44. The van der Waals surface area contributed by atoms with Crippen LogP contribution < -0.4 is 0 Å². The van der Waals surface area contributed by atoms with E-state index in [-0.39, 0.29) is 17.8 Å². The Hall–Kier alpha value is -0.900. The van der Waals surface area contributed by atoms with E-state index in [4.69, 9.17) is 23.2 Å². The first-order valence-electron chi connectivity index (χ1n) is 5.39. The summed E-state index contributed by atoms with van der Waals surface area (Å²) in [4.78, 5) is 12.1. The van der Waals surface area contributed by atoms with E-state index in [0.717, 1.165) is 4.47 Å². The fourth-order valence-electron chi connectivity index (χ4n) is 1.66. The SMILES string of the molecule is O=C(Cc1cc(Cl)ccc1F)c1cc(Br)ccc1Cl. The van der Waals surface area contributed by atoms with Gasteiger partial charge in [0.1, 0.15) is 5.82 Å². The molecule has 0 saturated carbocycles. The molecule has 0 saturated heterocycles. The number of ketones is 1. The third-order valence-corrected chi connectivity index (χ3v) is 3.65. The van der Waals surface area contributed by atoms with Crippen LogP contribution >= 0.6 is 39.1 Å². The Morgan fingerprint density at radius 2 is 1.89 bits per heavy atom. The molecule has 2 rings (SSSR count). The highest BCUT2D eigenvalue weighted by Gasteiger charge is 2.14. The van der Waals surface area contributed by atoms with Gasteiger partial charge in [0.2, 0.25) is 0 Å². The van der Waals surface area contributed by atoms with Crippen LogP contribution in [-0.2, 0) is 6.42 Å². The predicted octanol–water partition coefficient (Wildman–Crippen LogP) is 5.32. The van der Waals surface area contributed by atoms with E-state index in [9.17, 15) is 9.18 Å². The van der Waals surface area contributed by atoms with Crippen molar-refractivity contribution < 1.29 is 9.18 Å². The molecule has 0 amide bonds. The van der Waals surface area contributed by atoms with Crippen LogP contribution in [0.1, 0.15) is 15.9 Å². The van der Waals surface area contributed by atoms with Gasteiger partial charge in [-0.1, -0.05) is 39.1 Å². The second kappa shape index (κ2) is 6.04. The monoisotopic (exact) mass is 360 g/mol. The molecule has 0 fully saturated rings. The van der Waals surface area contributed by atoms with Crippen molar-refractivity contribution in [1.29, 1.82) is 0 Å². The van der Waals surface area contributed by atoms with Gasteiger partial charge in [-0.25, -0.2) is 4.39 Å². The highest BCUT2D eigenvalue weighted by atomic mass is 79.9. The van der Waals surface area contributed by atoms with Gasteiger partial charge in [-0.15, -0.1) is 0 Å². The molecule has 5 heteroatoms. The minimum absolute atomic E-state index is 0.0808. The summed E-state index contributed by atoms with van der Waals surface area (Å²) >= 11 is 15.0. The lowest BCUT2D eigenvalue weighted by Gasteiger charge is -2.06. The van der Waals surface area contributed by atoms with Crippen molar-refractivity contribution in [3.8, 4) is 0 Å². The zero-order chi connectivity index (χ0) is 14.0. The standard InChI is InChI=1S/C14H8BrCl2FO/c15-9-1-3-12(17)11(7-9)14(19)6-8-5-10(16)2-4-13(8)18/h1-5,7H,6H2. The Balaban J connectivity index is 2.30. The molecule has 98 valence electrons. The summed E-state index contributed by atoms with van der Waals surface area (Å²) in [5.41, 5.74) is 0.615. The van der Waals surface area contributed by atoms with Gasteiger partial charge in [-0.2, -0.15) is 0 Å². The van der Waals surface area contributed by atoms with Crippen LogP contribution in [0.2, 0.25) is 10.0 Å². The van der Waals surface area contributed by atoms with Crippen LogP contribution in [0.4, 0.5) is 4.39 Å². The fraction of sp³-hybridized carbons (Fsp3) is 0.0714. The zero-order valence-corrected chi connectivity index (χ0v) is 12.7. The van der Waals surface area contributed by atoms with Crippen molar-refractivity contribution >= 4 is 44.9 Å². The molecule has 19 heavy (non-hydrogen) atoms. The molecule has 0 aliphatic heterocycles. The van der Waals surface area contributed by atoms with Gasteiger partial charge < -0.3 is 0 Å². The summed E-state index contributed by atoms with van der Waals surface area (Å²) in [6.45, 7) is 0. The predicted molar refractivity (Wildman–Crippen MR) is 78.6 cm³/mol. The highest BCUT2D eigenvalue weighted by molar-refractivity contribution is 9.10. The molecule has 0 aliphatic rings. The average Bonchev–Trinajstić information content (AvgIpc) is 2.36. The van der Waals surface area contributed by atoms with Gasteiger partial charge in [0.05, 0.1) is 5.02 Å². The van der Waals surface area contributed by atoms with Crippen molar-refractivity contribution in [3.63, 3.8) is 0 Å². The Labute approximate surface area is 128 Å². The number of carbonyl (C=O) groups is 1. The second-order valence-corrected chi connectivity index (χ2v) is 5.72. The zero-order valence-electron chi connectivity index (χ0n) is 9.59. The summed E-state index contributed by atoms with van der Waals surface area (Å²) in [6, 6.07) is 9.10. The third-order valence-electron chi connectivity index (χ3n) is 2.59. The number of benzene rings is 2. The first-order valence-corrected chi connectivity index (χ1v) is 6.94. The van der Waals surface area contributed by atoms with Crippen LogP contribution in [0.25, 0.3) is 0 Å². The highest BCUT2D eigenvalue weighted by Crippen LogP contribution is 2.24. The molecule has 2 aromatic carbocycles. The summed E-state index contributed by atoms with van der Waals surface area (Å²) in [7, 11) is 0. The van der Waals surface area contributed by atoms with E-state index < -0.39 is 5.82 Å². The van der Waals surface area contributed by atoms with E-state index in [1.54, 1.807) is 18.2 Å². The lowest BCUT2D eigenvalue weighted by atomic mass is 10.0. The number of halogens is 4. The maximum absolute atomic E-state index is 13.6. The molecule has 2 aromatic rings. The van der Waals surface area contributed by atoms with Crippen LogP contribution in [-0.4, -0.2) is 5.78 Å². The summed E-state index contributed by atoms with van der Waals surface area (Å²) < 4.78 is 14.3. The summed E-state index contributed by atoms with van der Waals surface area (Å²) in [5, 5.41) is 0.736. The van der Waals surface area contributed by atoms with E-state index in [2.05, 4.69) is 15.9 Å². The largest absolute Gasteiger partial charge is 0.294 e. The molecule has 0 spiro atoms. The lowest BCUT2D eigenvalue weighted by molar-refractivity contribution is 0.0992. The average molecular weight is 362 g/mol. The van der Waals surface area contributed by atoms with Crippen molar-refractivity contribution in [1.82, 2.24) is 0 Å². The van der Waals surface area contributed by atoms with E-state index >= 15 is 0 Å².